The molecule has 70 valence electrons. The van der Waals surface area contributed by atoms with Gasteiger partial charge in [-0.05, 0) is 12.5 Å². The molecular weight excluding hydrogens is 186 g/mol. The lowest BCUT2D eigenvalue weighted by Gasteiger charge is -2.00. The van der Waals surface area contributed by atoms with Crippen LogP contribution in [0, 0.1) is 0 Å². The van der Waals surface area contributed by atoms with Gasteiger partial charge in [-0.3, -0.25) is 10.4 Å². The van der Waals surface area contributed by atoms with Gasteiger partial charge in [0.15, 0.2) is 0 Å². The van der Waals surface area contributed by atoms with E-state index in [1.807, 2.05) is 6.21 Å². The first-order valence-corrected chi connectivity index (χ1v) is 4.59. The summed E-state index contributed by atoms with van der Waals surface area (Å²) < 4.78 is 0. The fourth-order valence-corrected chi connectivity index (χ4v) is 0.936. The van der Waals surface area contributed by atoms with E-state index in [2.05, 4.69) is 22.4 Å². The van der Waals surface area contributed by atoms with Crippen molar-refractivity contribution in [2.45, 2.75) is 19.8 Å². The Balaban J connectivity index is 2.49. The molecule has 4 heteroatoms. The van der Waals surface area contributed by atoms with E-state index in [-0.39, 0.29) is 0 Å². The summed E-state index contributed by atoms with van der Waals surface area (Å²) in [5.41, 5.74) is 3.63. The molecule has 0 aliphatic carbocycles. The van der Waals surface area contributed by atoms with E-state index in [1.165, 1.54) is 0 Å². The Morgan fingerprint density at radius 3 is 3.23 bits per heavy atom. The van der Waals surface area contributed by atoms with Crippen LogP contribution < -0.4 is 5.43 Å². The highest BCUT2D eigenvalue weighted by molar-refractivity contribution is 6.33. The highest BCUT2D eigenvalue weighted by Crippen LogP contribution is 2.18. The molecule has 1 aromatic heterocycles. The van der Waals surface area contributed by atoms with Crippen LogP contribution in [0.25, 0.3) is 0 Å². The molecule has 1 heterocycles. The zero-order valence-electron chi connectivity index (χ0n) is 7.50. The van der Waals surface area contributed by atoms with E-state index in [0.29, 0.717) is 5.02 Å². The Bertz CT molecular complexity index is 286. The van der Waals surface area contributed by atoms with Crippen LogP contribution in [-0.2, 0) is 0 Å². The lowest BCUT2D eigenvalue weighted by atomic mass is 10.4. The van der Waals surface area contributed by atoms with Crippen molar-refractivity contribution in [3.63, 3.8) is 0 Å². The first-order valence-electron chi connectivity index (χ1n) is 4.21. The summed E-state index contributed by atoms with van der Waals surface area (Å²) in [4.78, 5) is 3.87. The maximum atomic E-state index is 5.84. The summed E-state index contributed by atoms with van der Waals surface area (Å²) in [6, 6.07) is 1.78. The van der Waals surface area contributed by atoms with Gasteiger partial charge in [0.1, 0.15) is 0 Å². The van der Waals surface area contributed by atoms with Crippen molar-refractivity contribution in [1.29, 1.82) is 0 Å². The number of halogens is 1. The van der Waals surface area contributed by atoms with Gasteiger partial charge in [0.25, 0.3) is 0 Å². The average Bonchev–Trinajstić information content (AvgIpc) is 2.15. The van der Waals surface area contributed by atoms with Gasteiger partial charge >= 0.3 is 0 Å². The molecule has 3 nitrogen and oxygen atoms in total. The van der Waals surface area contributed by atoms with Crippen LogP contribution in [0.5, 0.6) is 0 Å². The molecule has 1 aromatic rings. The topological polar surface area (TPSA) is 37.3 Å². The summed E-state index contributed by atoms with van der Waals surface area (Å²) in [6.45, 7) is 2.10. The average molecular weight is 198 g/mol. The number of pyridine rings is 1. The fourth-order valence-electron chi connectivity index (χ4n) is 0.775. The molecule has 0 fully saturated rings. The molecule has 0 bridgehead atoms. The number of hydrogen-bond acceptors (Lipinski definition) is 3. The van der Waals surface area contributed by atoms with Gasteiger partial charge in [0.05, 0.1) is 10.7 Å². The van der Waals surface area contributed by atoms with Crippen LogP contribution in [0.1, 0.15) is 19.8 Å². The fraction of sp³-hybridized carbons (Fsp3) is 0.333. The summed E-state index contributed by atoms with van der Waals surface area (Å²) in [6.07, 6.45) is 7.14. The summed E-state index contributed by atoms with van der Waals surface area (Å²) in [5.74, 6) is 0. The molecular formula is C9H12ClN3. The largest absolute Gasteiger partial charge is 0.277 e. The summed E-state index contributed by atoms with van der Waals surface area (Å²) in [7, 11) is 0. The number of rotatable bonds is 4. The van der Waals surface area contributed by atoms with Crippen molar-refractivity contribution in [3.05, 3.63) is 23.5 Å². The second kappa shape index (κ2) is 5.54. The molecule has 1 N–H and O–H groups in total. The molecule has 0 atom stereocenters. The summed E-state index contributed by atoms with van der Waals surface area (Å²) in [5, 5.41) is 4.58. The predicted molar refractivity (Wildman–Crippen MR) is 56.3 cm³/mol. The maximum absolute atomic E-state index is 5.84. The van der Waals surface area contributed by atoms with Gasteiger partial charge in [0.2, 0.25) is 0 Å². The smallest absolute Gasteiger partial charge is 0.0839 e. The van der Waals surface area contributed by atoms with Crippen LogP contribution >= 0.6 is 11.6 Å². The first kappa shape index (κ1) is 9.99. The van der Waals surface area contributed by atoms with Crippen molar-refractivity contribution in [2.24, 2.45) is 5.10 Å². The van der Waals surface area contributed by atoms with Crippen molar-refractivity contribution in [2.75, 3.05) is 5.43 Å². The van der Waals surface area contributed by atoms with Crippen LogP contribution in [0.2, 0.25) is 5.02 Å². The zero-order chi connectivity index (χ0) is 9.52. The predicted octanol–water partition coefficient (Wildman–Crippen LogP) is 2.93. The van der Waals surface area contributed by atoms with Crippen LogP contribution in [-0.4, -0.2) is 11.2 Å². The molecule has 0 saturated heterocycles. The Labute approximate surface area is 82.8 Å². The second-order valence-corrected chi connectivity index (χ2v) is 2.97. The van der Waals surface area contributed by atoms with Crippen LogP contribution in [0.4, 0.5) is 5.69 Å². The minimum atomic E-state index is 0.580. The maximum Gasteiger partial charge on any atom is 0.0839 e. The number of anilines is 1. The third kappa shape index (κ3) is 3.42. The van der Waals surface area contributed by atoms with Gasteiger partial charge in [0, 0.05) is 18.6 Å². The molecule has 0 spiro atoms. The van der Waals surface area contributed by atoms with E-state index in [1.54, 1.807) is 18.5 Å². The zero-order valence-corrected chi connectivity index (χ0v) is 8.25. The standard InChI is InChI=1S/C9H12ClN3/c1-2-3-5-12-13-9-4-6-11-7-8(9)10/h4-7H,2-3H2,1H3,(H,11,13)/b12-5+. The lowest BCUT2D eigenvalue weighted by Crippen LogP contribution is -1.90. The Morgan fingerprint density at radius 2 is 2.54 bits per heavy atom. The highest BCUT2D eigenvalue weighted by Gasteiger charge is 1.94. The second-order valence-electron chi connectivity index (χ2n) is 2.57. The Morgan fingerprint density at radius 1 is 1.69 bits per heavy atom. The normalized spacial score (nSPS) is 10.6. The minimum Gasteiger partial charge on any atom is -0.277 e. The minimum absolute atomic E-state index is 0.580. The van der Waals surface area contributed by atoms with E-state index in [0.717, 1.165) is 18.5 Å². The van der Waals surface area contributed by atoms with E-state index in [4.69, 9.17) is 11.6 Å². The van der Waals surface area contributed by atoms with E-state index < -0.39 is 0 Å². The molecule has 0 radical (unpaired) electrons. The lowest BCUT2D eigenvalue weighted by molar-refractivity contribution is 1.00. The third-order valence-corrected chi connectivity index (χ3v) is 1.77. The summed E-state index contributed by atoms with van der Waals surface area (Å²) >= 11 is 5.84. The Hall–Kier alpha value is -1.09. The number of aromatic nitrogens is 1. The van der Waals surface area contributed by atoms with Gasteiger partial charge in [-0.2, -0.15) is 5.10 Å². The number of nitrogens with one attached hydrogen (secondary N) is 1. The number of hydrogen-bond donors (Lipinski definition) is 1. The monoisotopic (exact) mass is 197 g/mol. The van der Waals surface area contributed by atoms with Crippen molar-refractivity contribution in [1.82, 2.24) is 4.98 Å². The van der Waals surface area contributed by atoms with Crippen molar-refractivity contribution in [3.8, 4) is 0 Å². The molecule has 13 heavy (non-hydrogen) atoms. The SMILES string of the molecule is CCC/C=N/Nc1ccncc1Cl. The molecule has 0 unspecified atom stereocenters. The molecule has 0 amide bonds. The number of unbranched alkanes of at least 4 members (excludes halogenated alkanes) is 1. The van der Waals surface area contributed by atoms with Crippen molar-refractivity contribution < 1.29 is 0 Å². The molecule has 0 saturated carbocycles. The molecule has 1 rings (SSSR count). The molecule has 0 aromatic carbocycles. The molecule has 0 aliphatic rings. The number of nitrogens with zero attached hydrogens (tertiary/aromatic N) is 2. The number of hydrazone groups is 1. The van der Waals surface area contributed by atoms with Gasteiger partial charge in [-0.25, -0.2) is 0 Å². The van der Waals surface area contributed by atoms with Gasteiger partial charge in [-0.1, -0.05) is 24.9 Å². The van der Waals surface area contributed by atoms with Crippen LogP contribution in [0.3, 0.4) is 0 Å². The van der Waals surface area contributed by atoms with Crippen molar-refractivity contribution >= 4 is 23.5 Å². The third-order valence-electron chi connectivity index (χ3n) is 1.47. The Kier molecular flexibility index (Phi) is 4.26. The van der Waals surface area contributed by atoms with Crippen LogP contribution in [0.15, 0.2) is 23.6 Å². The van der Waals surface area contributed by atoms with Gasteiger partial charge < -0.3 is 0 Å². The van der Waals surface area contributed by atoms with Gasteiger partial charge in [-0.15, -0.1) is 0 Å². The van der Waals surface area contributed by atoms with E-state index >= 15 is 0 Å². The quantitative estimate of drug-likeness (QED) is 0.595. The highest BCUT2D eigenvalue weighted by atomic mass is 35.5. The molecule has 0 aliphatic heterocycles. The van der Waals surface area contributed by atoms with E-state index in [9.17, 15) is 0 Å². The first-order chi connectivity index (χ1) is 6.34.